The fourth-order valence-electron chi connectivity index (χ4n) is 3.61. The number of benzene rings is 2. The molecule has 28 heavy (non-hydrogen) atoms. The van der Waals surface area contributed by atoms with Crippen molar-refractivity contribution in [2.75, 3.05) is 26.4 Å². The quantitative estimate of drug-likeness (QED) is 0.481. The molecule has 1 aliphatic heterocycles. The molecule has 146 valence electrons. The second-order valence-corrected chi connectivity index (χ2v) is 6.77. The topological polar surface area (TPSA) is 104 Å². The molecule has 3 aromatic rings. The average Bonchev–Trinajstić information content (AvgIpc) is 3.12. The van der Waals surface area contributed by atoms with E-state index in [9.17, 15) is 9.59 Å². The predicted molar refractivity (Wildman–Crippen MR) is 104 cm³/mol. The van der Waals surface area contributed by atoms with E-state index in [1.807, 2.05) is 30.3 Å². The summed E-state index contributed by atoms with van der Waals surface area (Å²) in [5.74, 6) is -0.140. The molecule has 1 unspecified atom stereocenters. The Bertz CT molecular complexity index is 1030. The van der Waals surface area contributed by atoms with Gasteiger partial charge in [-0.2, -0.15) is 0 Å². The van der Waals surface area contributed by atoms with E-state index >= 15 is 0 Å². The molecule has 0 bridgehead atoms. The highest BCUT2D eigenvalue weighted by Gasteiger charge is 2.30. The van der Waals surface area contributed by atoms with Gasteiger partial charge in [0.2, 0.25) is 11.8 Å². The molecular formula is C21H22N2O5. The van der Waals surface area contributed by atoms with E-state index in [1.165, 1.54) is 0 Å². The zero-order valence-corrected chi connectivity index (χ0v) is 15.4. The van der Waals surface area contributed by atoms with Gasteiger partial charge < -0.3 is 19.6 Å². The summed E-state index contributed by atoms with van der Waals surface area (Å²) in [6.45, 7) is 1.94. The maximum Gasteiger partial charge on any atom is 0.234 e. The van der Waals surface area contributed by atoms with Crippen LogP contribution in [0.5, 0.6) is 5.75 Å². The fourth-order valence-corrected chi connectivity index (χ4v) is 3.61. The van der Waals surface area contributed by atoms with Crippen molar-refractivity contribution in [1.29, 1.82) is 0 Å². The Morgan fingerprint density at radius 3 is 2.86 bits per heavy atom. The van der Waals surface area contributed by atoms with Crippen LogP contribution in [0.2, 0.25) is 0 Å². The maximum absolute atomic E-state index is 12.3. The number of rotatable bonds is 7. The molecule has 2 heterocycles. The third-order valence-corrected chi connectivity index (χ3v) is 4.93. The highest BCUT2D eigenvalue weighted by atomic mass is 16.5. The Morgan fingerprint density at radius 1 is 1.14 bits per heavy atom. The smallest absolute Gasteiger partial charge is 0.234 e. The van der Waals surface area contributed by atoms with E-state index < -0.39 is 0 Å². The first-order chi connectivity index (χ1) is 13.7. The Kier molecular flexibility index (Phi) is 5.27. The highest BCUT2D eigenvalue weighted by molar-refractivity contribution is 6.10. The molecule has 0 radical (unpaired) electrons. The first-order valence-corrected chi connectivity index (χ1v) is 9.35. The SMILES string of the molecule is NCCOCCOc1ccc2c(ccc3occ(C4CCC(=O)NC4=O)c32)c1. The summed E-state index contributed by atoms with van der Waals surface area (Å²) >= 11 is 0. The number of nitrogens with two attached hydrogens (primary N) is 1. The van der Waals surface area contributed by atoms with Crippen molar-refractivity contribution in [2.24, 2.45) is 5.73 Å². The minimum absolute atomic E-state index is 0.226. The average molecular weight is 382 g/mol. The number of ether oxygens (including phenoxy) is 2. The normalized spacial score (nSPS) is 17.2. The van der Waals surface area contributed by atoms with Crippen LogP contribution in [0.1, 0.15) is 24.3 Å². The van der Waals surface area contributed by atoms with Crippen molar-refractivity contribution in [3.05, 3.63) is 42.2 Å². The molecule has 3 N–H and O–H groups in total. The van der Waals surface area contributed by atoms with Crippen molar-refractivity contribution in [3.8, 4) is 5.75 Å². The molecular weight excluding hydrogens is 360 g/mol. The Morgan fingerprint density at radius 2 is 2.04 bits per heavy atom. The van der Waals surface area contributed by atoms with Gasteiger partial charge in [-0.3, -0.25) is 14.9 Å². The van der Waals surface area contributed by atoms with Gasteiger partial charge >= 0.3 is 0 Å². The molecule has 2 amide bonds. The summed E-state index contributed by atoms with van der Waals surface area (Å²) in [7, 11) is 0. The maximum atomic E-state index is 12.3. The third kappa shape index (κ3) is 3.58. The van der Waals surface area contributed by atoms with E-state index in [-0.39, 0.29) is 17.7 Å². The molecule has 1 saturated heterocycles. The van der Waals surface area contributed by atoms with E-state index in [4.69, 9.17) is 19.6 Å². The standard InChI is InChI=1S/C21H22N2O5/c22-7-8-26-9-10-27-14-2-3-15-13(11-14)1-5-18-20(15)17(12-28-18)16-4-6-19(24)23-21(16)25/h1-3,5,11-12,16H,4,6-10,22H2,(H,23,24,25). The second-order valence-electron chi connectivity index (χ2n) is 6.77. The van der Waals surface area contributed by atoms with Crippen molar-refractivity contribution in [1.82, 2.24) is 5.32 Å². The van der Waals surface area contributed by atoms with Gasteiger partial charge in [0.25, 0.3) is 0 Å². The molecule has 4 rings (SSSR count). The van der Waals surface area contributed by atoms with Crippen LogP contribution in [0.4, 0.5) is 0 Å². The molecule has 7 nitrogen and oxygen atoms in total. The number of nitrogens with one attached hydrogen (secondary N) is 1. The Balaban J connectivity index is 1.63. The zero-order chi connectivity index (χ0) is 19.5. The van der Waals surface area contributed by atoms with E-state index in [2.05, 4.69) is 5.32 Å². The van der Waals surface area contributed by atoms with Crippen molar-refractivity contribution in [3.63, 3.8) is 0 Å². The second kappa shape index (κ2) is 8.00. The van der Waals surface area contributed by atoms with E-state index in [0.717, 1.165) is 33.1 Å². The lowest BCUT2D eigenvalue weighted by Gasteiger charge is -2.20. The lowest BCUT2D eigenvalue weighted by Crippen LogP contribution is -2.39. The van der Waals surface area contributed by atoms with Gasteiger partial charge in [0.15, 0.2) is 0 Å². The summed E-state index contributed by atoms with van der Waals surface area (Å²) < 4.78 is 16.7. The number of hydrogen-bond acceptors (Lipinski definition) is 6. The molecule has 1 aliphatic rings. The molecule has 2 aromatic carbocycles. The largest absolute Gasteiger partial charge is 0.491 e. The molecule has 7 heteroatoms. The number of piperidine rings is 1. The number of fused-ring (bicyclic) bond motifs is 3. The lowest BCUT2D eigenvalue weighted by atomic mass is 9.89. The first kappa shape index (κ1) is 18.5. The van der Waals surface area contributed by atoms with Gasteiger partial charge in [0.05, 0.1) is 25.4 Å². The first-order valence-electron chi connectivity index (χ1n) is 9.35. The molecule has 1 aromatic heterocycles. The minimum Gasteiger partial charge on any atom is -0.491 e. The number of carbonyl (C=O) groups is 2. The van der Waals surface area contributed by atoms with E-state index in [0.29, 0.717) is 39.2 Å². The molecule has 0 saturated carbocycles. The van der Waals surface area contributed by atoms with Crippen molar-refractivity contribution < 1.29 is 23.5 Å². The van der Waals surface area contributed by atoms with E-state index in [1.54, 1.807) is 6.26 Å². The molecule has 1 fully saturated rings. The van der Waals surface area contributed by atoms with Crippen LogP contribution < -0.4 is 15.8 Å². The summed E-state index contributed by atoms with van der Waals surface area (Å²) in [4.78, 5) is 23.8. The highest BCUT2D eigenvalue weighted by Crippen LogP contribution is 2.37. The minimum atomic E-state index is -0.389. The van der Waals surface area contributed by atoms with Crippen LogP contribution in [-0.2, 0) is 14.3 Å². The van der Waals surface area contributed by atoms with Crippen LogP contribution in [0, 0.1) is 0 Å². The third-order valence-electron chi connectivity index (χ3n) is 4.93. The summed E-state index contributed by atoms with van der Waals surface area (Å²) in [5, 5.41) is 5.30. The summed E-state index contributed by atoms with van der Waals surface area (Å²) in [6, 6.07) is 9.68. The fraction of sp³-hybridized carbons (Fsp3) is 0.333. The van der Waals surface area contributed by atoms with Crippen LogP contribution in [-0.4, -0.2) is 38.2 Å². The molecule has 0 aliphatic carbocycles. The molecule has 1 atom stereocenters. The van der Waals surface area contributed by atoms with Gasteiger partial charge in [-0.05, 0) is 41.5 Å². The van der Waals surface area contributed by atoms with Crippen molar-refractivity contribution >= 4 is 33.6 Å². The number of carbonyl (C=O) groups excluding carboxylic acids is 2. The van der Waals surface area contributed by atoms with Gasteiger partial charge in [-0.1, -0.05) is 6.07 Å². The molecule has 0 spiro atoms. The monoisotopic (exact) mass is 382 g/mol. The van der Waals surface area contributed by atoms with Crippen LogP contribution in [0.3, 0.4) is 0 Å². The van der Waals surface area contributed by atoms with Gasteiger partial charge in [0, 0.05) is 23.9 Å². The number of furan rings is 1. The Labute approximate surface area is 161 Å². The summed E-state index contributed by atoms with van der Waals surface area (Å²) in [5.41, 5.74) is 6.92. The van der Waals surface area contributed by atoms with Gasteiger partial charge in [-0.25, -0.2) is 0 Å². The van der Waals surface area contributed by atoms with Gasteiger partial charge in [0.1, 0.15) is 17.9 Å². The van der Waals surface area contributed by atoms with Crippen LogP contribution in [0.25, 0.3) is 21.7 Å². The zero-order valence-electron chi connectivity index (χ0n) is 15.4. The predicted octanol–water partition coefficient (Wildman–Crippen LogP) is 2.46. The Hall–Kier alpha value is -2.90. The van der Waals surface area contributed by atoms with Gasteiger partial charge in [-0.15, -0.1) is 0 Å². The van der Waals surface area contributed by atoms with Crippen LogP contribution in [0.15, 0.2) is 41.0 Å². The number of imide groups is 1. The van der Waals surface area contributed by atoms with Crippen molar-refractivity contribution in [2.45, 2.75) is 18.8 Å². The van der Waals surface area contributed by atoms with Crippen LogP contribution >= 0.6 is 0 Å². The summed E-state index contributed by atoms with van der Waals surface area (Å²) in [6.07, 6.45) is 2.45. The number of amides is 2. The lowest BCUT2D eigenvalue weighted by molar-refractivity contribution is -0.134. The number of hydrogen-bond donors (Lipinski definition) is 2.